The van der Waals surface area contributed by atoms with Crippen molar-refractivity contribution in [3.8, 4) is 5.75 Å². The van der Waals surface area contributed by atoms with E-state index in [0.29, 0.717) is 11.3 Å². The van der Waals surface area contributed by atoms with Gasteiger partial charge >= 0.3 is 0 Å². The molecule has 1 aliphatic heterocycles. The zero-order valence-electron chi connectivity index (χ0n) is 10.9. The van der Waals surface area contributed by atoms with Crippen molar-refractivity contribution in [2.75, 3.05) is 19.6 Å². The summed E-state index contributed by atoms with van der Waals surface area (Å²) in [5, 5.41) is 13.2. The summed E-state index contributed by atoms with van der Waals surface area (Å²) in [6, 6.07) is 7.64. The van der Waals surface area contributed by atoms with Gasteiger partial charge < -0.3 is 10.4 Å². The predicted octanol–water partition coefficient (Wildman–Crippen LogP) is 2.11. The van der Waals surface area contributed by atoms with Crippen molar-refractivity contribution in [1.82, 2.24) is 10.2 Å². The van der Waals surface area contributed by atoms with E-state index >= 15 is 0 Å². The lowest BCUT2D eigenvalue weighted by molar-refractivity contribution is 0.129. The minimum atomic E-state index is 0.373. The number of phenolic OH excluding ortho intramolecular Hbond substituents is 1. The van der Waals surface area contributed by atoms with E-state index in [1.54, 1.807) is 6.07 Å². The first kappa shape index (κ1) is 12.0. The average Bonchev–Trinajstić information content (AvgIpc) is 2.77. The van der Waals surface area contributed by atoms with E-state index in [2.05, 4.69) is 16.3 Å². The highest BCUT2D eigenvalue weighted by molar-refractivity contribution is 5.27. The molecule has 0 aromatic heterocycles. The van der Waals surface area contributed by atoms with Crippen LogP contribution in [-0.4, -0.2) is 35.2 Å². The number of nitrogens with one attached hydrogen (secondary N) is 1. The summed E-state index contributed by atoms with van der Waals surface area (Å²) in [4.78, 5) is 2.52. The van der Waals surface area contributed by atoms with Crippen LogP contribution in [0.1, 0.15) is 31.2 Å². The lowest BCUT2D eigenvalue weighted by atomic mass is 9.94. The second-order valence-corrected chi connectivity index (χ2v) is 5.79. The Hall–Kier alpha value is -1.06. The van der Waals surface area contributed by atoms with Crippen molar-refractivity contribution in [2.45, 2.75) is 37.8 Å². The Bertz CT molecular complexity index is 413. The molecule has 3 nitrogen and oxygen atoms in total. The van der Waals surface area contributed by atoms with Gasteiger partial charge in [-0.15, -0.1) is 0 Å². The van der Waals surface area contributed by atoms with Gasteiger partial charge in [-0.05, 0) is 30.5 Å². The van der Waals surface area contributed by atoms with Crippen molar-refractivity contribution in [2.24, 2.45) is 0 Å². The molecular weight excluding hydrogens is 224 g/mol. The molecule has 3 heteroatoms. The van der Waals surface area contributed by atoms with Crippen LogP contribution in [0, 0.1) is 0 Å². The molecule has 18 heavy (non-hydrogen) atoms. The number of benzene rings is 1. The van der Waals surface area contributed by atoms with Crippen molar-refractivity contribution in [3.63, 3.8) is 0 Å². The number of piperazine rings is 1. The second-order valence-electron chi connectivity index (χ2n) is 5.79. The highest BCUT2D eigenvalue weighted by Gasteiger charge is 2.37. The van der Waals surface area contributed by atoms with Gasteiger partial charge in [-0.25, -0.2) is 0 Å². The molecule has 2 aliphatic rings. The average molecular weight is 246 g/mol. The zero-order chi connectivity index (χ0) is 12.4. The van der Waals surface area contributed by atoms with Gasteiger partial charge in [-0.2, -0.15) is 0 Å². The van der Waals surface area contributed by atoms with E-state index in [1.165, 1.54) is 31.2 Å². The van der Waals surface area contributed by atoms with Crippen LogP contribution in [0.3, 0.4) is 0 Å². The van der Waals surface area contributed by atoms with E-state index in [0.717, 1.165) is 26.2 Å². The van der Waals surface area contributed by atoms with Crippen LogP contribution in [0.15, 0.2) is 24.3 Å². The molecule has 2 N–H and O–H groups in total. The number of rotatable bonds is 2. The standard InChI is InChI=1S/C15H22N2O/c18-14-5-3-4-13(10-14)11-17-9-8-16-15(12-17)6-1-2-7-15/h3-5,10,16,18H,1-2,6-9,11-12H2. The summed E-state index contributed by atoms with van der Waals surface area (Å²) < 4.78 is 0. The van der Waals surface area contributed by atoms with Crippen LogP contribution >= 0.6 is 0 Å². The third-order valence-electron chi connectivity index (χ3n) is 4.33. The fraction of sp³-hybridized carbons (Fsp3) is 0.600. The van der Waals surface area contributed by atoms with Crippen molar-refractivity contribution in [1.29, 1.82) is 0 Å². The van der Waals surface area contributed by atoms with Gasteiger partial charge in [-0.1, -0.05) is 25.0 Å². The minimum absolute atomic E-state index is 0.373. The van der Waals surface area contributed by atoms with E-state index in [4.69, 9.17) is 0 Å². The molecule has 1 saturated carbocycles. The largest absolute Gasteiger partial charge is 0.508 e. The monoisotopic (exact) mass is 246 g/mol. The third-order valence-corrected chi connectivity index (χ3v) is 4.33. The lowest BCUT2D eigenvalue weighted by Gasteiger charge is -2.41. The fourth-order valence-electron chi connectivity index (χ4n) is 3.48. The maximum atomic E-state index is 9.52. The SMILES string of the molecule is Oc1cccc(CN2CCNC3(CCCC3)C2)c1. The summed E-state index contributed by atoms with van der Waals surface area (Å²) in [6.45, 7) is 4.32. The van der Waals surface area contributed by atoms with Gasteiger partial charge in [0.15, 0.2) is 0 Å². The van der Waals surface area contributed by atoms with Crippen LogP contribution in [0.25, 0.3) is 0 Å². The Morgan fingerprint density at radius 1 is 1.28 bits per heavy atom. The maximum absolute atomic E-state index is 9.52. The van der Waals surface area contributed by atoms with Crippen LogP contribution in [0.2, 0.25) is 0 Å². The summed E-state index contributed by atoms with van der Waals surface area (Å²) in [7, 11) is 0. The molecule has 1 spiro atoms. The normalized spacial score (nSPS) is 23.6. The van der Waals surface area contributed by atoms with Crippen LogP contribution in [-0.2, 0) is 6.54 Å². The van der Waals surface area contributed by atoms with Crippen LogP contribution in [0.4, 0.5) is 0 Å². The molecule has 98 valence electrons. The molecule has 1 heterocycles. The molecule has 0 bridgehead atoms. The van der Waals surface area contributed by atoms with Gasteiger partial charge in [-0.3, -0.25) is 4.90 Å². The molecule has 1 aromatic carbocycles. The molecule has 2 fully saturated rings. The second kappa shape index (κ2) is 4.90. The molecule has 1 saturated heterocycles. The van der Waals surface area contributed by atoms with Gasteiger partial charge in [0, 0.05) is 31.7 Å². The lowest BCUT2D eigenvalue weighted by Crippen LogP contribution is -2.58. The first-order valence-corrected chi connectivity index (χ1v) is 7.01. The maximum Gasteiger partial charge on any atom is 0.115 e. The van der Waals surface area contributed by atoms with Crippen LogP contribution in [0.5, 0.6) is 5.75 Å². The molecule has 0 unspecified atom stereocenters. The summed E-state index contributed by atoms with van der Waals surface area (Å²) in [5.41, 5.74) is 1.60. The number of hydrogen-bond donors (Lipinski definition) is 2. The zero-order valence-corrected chi connectivity index (χ0v) is 10.9. The van der Waals surface area contributed by atoms with Crippen LogP contribution < -0.4 is 5.32 Å². The topological polar surface area (TPSA) is 35.5 Å². The molecule has 0 radical (unpaired) electrons. The number of hydrogen-bond acceptors (Lipinski definition) is 3. The Morgan fingerprint density at radius 3 is 2.89 bits per heavy atom. The van der Waals surface area contributed by atoms with Crippen molar-refractivity contribution >= 4 is 0 Å². The Labute approximate surface area is 109 Å². The van der Waals surface area contributed by atoms with E-state index in [-0.39, 0.29) is 0 Å². The van der Waals surface area contributed by atoms with Gasteiger partial charge in [0.2, 0.25) is 0 Å². The number of aromatic hydroxyl groups is 1. The quantitative estimate of drug-likeness (QED) is 0.839. The molecule has 1 aromatic rings. The van der Waals surface area contributed by atoms with E-state index in [1.807, 2.05) is 12.1 Å². The Morgan fingerprint density at radius 2 is 2.11 bits per heavy atom. The molecule has 1 aliphatic carbocycles. The molecule has 0 atom stereocenters. The van der Waals surface area contributed by atoms with E-state index < -0.39 is 0 Å². The van der Waals surface area contributed by atoms with Crippen molar-refractivity contribution in [3.05, 3.63) is 29.8 Å². The Balaban J connectivity index is 1.66. The van der Waals surface area contributed by atoms with Gasteiger partial charge in [0.1, 0.15) is 5.75 Å². The Kier molecular flexibility index (Phi) is 3.27. The smallest absolute Gasteiger partial charge is 0.115 e. The fourth-order valence-corrected chi connectivity index (χ4v) is 3.48. The number of phenols is 1. The third kappa shape index (κ3) is 2.52. The molecule has 3 rings (SSSR count). The first-order chi connectivity index (χ1) is 8.76. The summed E-state index contributed by atoms with van der Waals surface area (Å²) >= 11 is 0. The summed E-state index contributed by atoms with van der Waals surface area (Å²) in [5.74, 6) is 0.373. The number of nitrogens with zero attached hydrogens (tertiary/aromatic N) is 1. The summed E-state index contributed by atoms with van der Waals surface area (Å²) in [6.07, 6.45) is 5.38. The first-order valence-electron chi connectivity index (χ1n) is 7.01. The highest BCUT2D eigenvalue weighted by Crippen LogP contribution is 2.32. The molecular formula is C15H22N2O. The predicted molar refractivity (Wildman–Crippen MR) is 72.6 cm³/mol. The van der Waals surface area contributed by atoms with E-state index in [9.17, 15) is 5.11 Å². The highest BCUT2D eigenvalue weighted by atomic mass is 16.3. The minimum Gasteiger partial charge on any atom is -0.508 e. The van der Waals surface area contributed by atoms with Gasteiger partial charge in [0.25, 0.3) is 0 Å². The molecule has 0 amide bonds. The van der Waals surface area contributed by atoms with Gasteiger partial charge in [0.05, 0.1) is 0 Å². The van der Waals surface area contributed by atoms with Crippen molar-refractivity contribution < 1.29 is 5.11 Å².